The van der Waals surface area contributed by atoms with Crippen LogP contribution < -0.4 is 45.3 Å². The third-order valence-electron chi connectivity index (χ3n) is 20.2. The summed E-state index contributed by atoms with van der Waals surface area (Å²) in [6.07, 6.45) is 31.8. The average Bonchev–Trinajstić information content (AvgIpc) is 0.767. The first-order valence-corrected chi connectivity index (χ1v) is 44.2. The third kappa shape index (κ3) is 23.5. The molecule has 0 atom stereocenters. The van der Waals surface area contributed by atoms with Crippen LogP contribution in [0.15, 0.2) is 194 Å². The maximum atomic E-state index is 10.6. The summed E-state index contributed by atoms with van der Waals surface area (Å²) >= 11 is 0. The van der Waals surface area contributed by atoms with Gasteiger partial charge in [0.1, 0.15) is 0 Å². The van der Waals surface area contributed by atoms with E-state index in [1.54, 1.807) is 0 Å². The van der Waals surface area contributed by atoms with Gasteiger partial charge in [0.15, 0.2) is 11.5 Å². The predicted octanol–water partition coefficient (Wildman–Crippen LogP) is 20.6. The van der Waals surface area contributed by atoms with Gasteiger partial charge in [0.25, 0.3) is 25.0 Å². The molecule has 7 rings (SSSR count). The minimum atomic E-state index is -2.49. The Morgan fingerprint density at radius 2 is 0.439 bits per heavy atom. The van der Waals surface area contributed by atoms with Crippen LogP contribution in [0, 0.1) is 0 Å². The summed E-state index contributed by atoms with van der Waals surface area (Å²) in [6.45, 7) is 25.3. The molecule has 0 aliphatic rings. The normalized spacial score (nSPS) is 12.5. The van der Waals surface area contributed by atoms with Gasteiger partial charge in [-0.15, -0.1) is 0 Å². The number of aliphatic hydroxyl groups excluding tert-OH is 1. The number of unbranched alkanes of at least 4 members (excludes halogenated alkanes) is 24. The van der Waals surface area contributed by atoms with Crippen molar-refractivity contribution in [2.24, 2.45) is 0 Å². The molecule has 0 aliphatic carbocycles. The van der Waals surface area contributed by atoms with Crippen LogP contribution in [0.2, 0.25) is 15.1 Å². The van der Waals surface area contributed by atoms with Crippen LogP contribution >= 0.6 is 0 Å². The molecule has 98 heavy (non-hydrogen) atoms. The Labute approximate surface area is 599 Å². The molecule has 1 N–H and O–H groups in total. The van der Waals surface area contributed by atoms with Crippen LogP contribution in [0.4, 0.5) is 0 Å². The highest BCUT2D eigenvalue weighted by atomic mass is 28.4. The van der Waals surface area contributed by atoms with E-state index in [1.165, 1.54) is 147 Å². The number of benzene rings is 7. The molecule has 0 amide bonds. The Morgan fingerprint density at radius 3 is 0.663 bits per heavy atom. The molecule has 0 radical (unpaired) electrons. The Kier molecular flexibility index (Phi) is 34.7. The lowest BCUT2D eigenvalue weighted by atomic mass is 10.1. The van der Waals surface area contributed by atoms with Crippen molar-refractivity contribution in [2.45, 2.75) is 257 Å². The molecular formula is C88H128O7Si3. The van der Waals surface area contributed by atoms with Gasteiger partial charge in [0, 0.05) is 25.4 Å². The Hall–Kier alpha value is -5.57. The molecule has 0 aromatic heterocycles. The summed E-state index contributed by atoms with van der Waals surface area (Å²) in [6, 6.07) is 70.0. The molecule has 534 valence electrons. The highest BCUT2D eigenvalue weighted by molar-refractivity contribution is 7.00. The summed E-state index contributed by atoms with van der Waals surface area (Å²) in [5.41, 5.74) is 0.755. The molecule has 7 nitrogen and oxygen atoms in total. The molecule has 0 bridgehead atoms. The first-order chi connectivity index (χ1) is 47.6. The van der Waals surface area contributed by atoms with Gasteiger partial charge in [-0.1, -0.05) is 379 Å². The first-order valence-electron chi connectivity index (χ1n) is 38.5. The van der Waals surface area contributed by atoms with Gasteiger partial charge < -0.3 is 32.6 Å². The molecule has 10 heteroatoms. The first kappa shape index (κ1) is 79.8. The molecule has 0 unspecified atom stereocenters. The van der Waals surface area contributed by atoms with Gasteiger partial charge >= 0.3 is 0 Å². The van der Waals surface area contributed by atoms with Crippen molar-refractivity contribution < 1.29 is 32.6 Å². The largest absolute Gasteiger partial charge is 0.490 e. The van der Waals surface area contributed by atoms with E-state index in [2.05, 4.69) is 244 Å². The van der Waals surface area contributed by atoms with Crippen LogP contribution in [-0.2, 0) is 19.9 Å². The summed E-state index contributed by atoms with van der Waals surface area (Å²) in [7, 11) is -7.47. The summed E-state index contributed by atoms with van der Waals surface area (Å²) < 4.78 is 41.3. The lowest BCUT2D eigenvalue weighted by Crippen LogP contribution is -2.66. The van der Waals surface area contributed by atoms with Crippen molar-refractivity contribution >= 4 is 56.1 Å². The van der Waals surface area contributed by atoms with Crippen LogP contribution in [0.5, 0.6) is 17.2 Å². The SMILES string of the molecule is CC(C)(C)[Si](OCCCCCCCCCCCOc1ccc(CO)c(OCCCCCCCCCCCO[Si](c2ccccc2)(c2ccccc2)C(C)(C)C)c1OCCCCCCCCCCCO[Si](c1ccccc1)(c1ccccc1)C(C)(C)C)(c1ccccc1)c1ccccc1. The van der Waals surface area contributed by atoms with E-state index in [0.717, 1.165) is 88.9 Å². The topological polar surface area (TPSA) is 75.6 Å². The molecule has 7 aromatic carbocycles. The minimum absolute atomic E-state index is 0.00144. The molecule has 0 aliphatic heterocycles. The highest BCUT2D eigenvalue weighted by Crippen LogP contribution is 2.43. The number of rotatable bonds is 49. The number of aliphatic hydroxyl groups is 1. The minimum Gasteiger partial charge on any atom is -0.490 e. The van der Waals surface area contributed by atoms with Crippen molar-refractivity contribution in [3.8, 4) is 17.2 Å². The zero-order chi connectivity index (χ0) is 69.7. The number of ether oxygens (including phenoxy) is 3. The van der Waals surface area contributed by atoms with Crippen molar-refractivity contribution in [3.05, 3.63) is 200 Å². The maximum absolute atomic E-state index is 10.6. The van der Waals surface area contributed by atoms with Crippen LogP contribution in [0.3, 0.4) is 0 Å². The number of hydrogen-bond acceptors (Lipinski definition) is 7. The van der Waals surface area contributed by atoms with E-state index >= 15 is 0 Å². The van der Waals surface area contributed by atoms with Crippen molar-refractivity contribution in [2.75, 3.05) is 39.6 Å². The van der Waals surface area contributed by atoms with Gasteiger partial charge in [0.2, 0.25) is 5.75 Å². The Balaban J connectivity index is 0.815. The fraction of sp³-hybridized carbons (Fsp3) is 0.523. The Bertz CT molecular complexity index is 3070. The molecule has 0 fully saturated rings. The third-order valence-corrected chi connectivity index (χ3v) is 35.3. The van der Waals surface area contributed by atoms with E-state index in [4.69, 9.17) is 27.5 Å². The maximum Gasteiger partial charge on any atom is 0.261 e. The molecule has 7 aromatic rings. The highest BCUT2D eigenvalue weighted by Gasteiger charge is 2.52. The molecule has 0 saturated heterocycles. The van der Waals surface area contributed by atoms with Gasteiger partial charge in [-0.3, -0.25) is 0 Å². The van der Waals surface area contributed by atoms with Crippen LogP contribution in [0.1, 0.15) is 241 Å². The van der Waals surface area contributed by atoms with Gasteiger partial charge in [-0.05, 0) is 96.9 Å². The second-order valence-electron chi connectivity index (χ2n) is 30.7. The molecular weight excluding hydrogens is 1250 g/mol. The smallest absolute Gasteiger partial charge is 0.261 e. The lowest BCUT2D eigenvalue weighted by Gasteiger charge is -2.43. The van der Waals surface area contributed by atoms with Gasteiger partial charge in [0.05, 0.1) is 26.4 Å². The van der Waals surface area contributed by atoms with Gasteiger partial charge in [-0.25, -0.2) is 0 Å². The monoisotopic (exact) mass is 1380 g/mol. The van der Waals surface area contributed by atoms with Crippen molar-refractivity contribution in [1.29, 1.82) is 0 Å². The van der Waals surface area contributed by atoms with Crippen LogP contribution in [0.25, 0.3) is 0 Å². The summed E-state index contributed by atoms with van der Waals surface area (Å²) in [5.74, 6) is 2.03. The molecule has 0 saturated carbocycles. The van der Waals surface area contributed by atoms with E-state index < -0.39 is 25.0 Å². The number of hydrogen-bond donors (Lipinski definition) is 1. The zero-order valence-electron chi connectivity index (χ0n) is 62.4. The fourth-order valence-electron chi connectivity index (χ4n) is 14.9. The lowest BCUT2D eigenvalue weighted by molar-refractivity contribution is 0.223. The summed E-state index contributed by atoms with van der Waals surface area (Å²) in [5, 5.41) is 18.8. The second kappa shape index (κ2) is 42.6. The Morgan fingerprint density at radius 1 is 0.235 bits per heavy atom. The quantitative estimate of drug-likeness (QED) is 0.0301. The molecule has 0 heterocycles. The fourth-order valence-corrected chi connectivity index (χ4v) is 28.8. The molecule has 0 spiro atoms. The van der Waals surface area contributed by atoms with E-state index in [1.807, 2.05) is 12.1 Å². The van der Waals surface area contributed by atoms with E-state index in [9.17, 15) is 5.11 Å². The zero-order valence-corrected chi connectivity index (χ0v) is 65.4. The van der Waals surface area contributed by atoms with E-state index in [0.29, 0.717) is 31.3 Å². The van der Waals surface area contributed by atoms with Crippen LogP contribution in [-0.4, -0.2) is 69.7 Å². The second-order valence-corrected chi connectivity index (χ2v) is 43.6. The van der Waals surface area contributed by atoms with Gasteiger partial charge in [-0.2, -0.15) is 0 Å². The summed E-state index contributed by atoms with van der Waals surface area (Å²) in [4.78, 5) is 0. The van der Waals surface area contributed by atoms with Crippen molar-refractivity contribution in [1.82, 2.24) is 0 Å². The standard InChI is InChI=1S/C88H128O7Si3/c1-86(2,3)96(77-55-37-31-38-56-77,78-57-39-32-40-58-78)93-72-52-28-22-16-10-13-19-25-49-69-90-83-68-67-76(75-89)84(91-70-50-26-20-14-11-17-23-29-53-73-94-97(87(4,5)6,79-59-41-33-42-60-79)80-61-43-34-44-62-80)85(83)92-71-51-27-21-15-12-18-24-30-54-74-95-98(88(7,8)9,81-63-45-35-46-64-81)82-65-47-36-48-66-82/h31-48,55-68,89H,10-30,49-54,69-75H2,1-9H3. The predicted molar refractivity (Wildman–Crippen MR) is 424 cm³/mol. The van der Waals surface area contributed by atoms with E-state index in [-0.39, 0.29) is 21.7 Å². The average molecular weight is 1380 g/mol. The van der Waals surface area contributed by atoms with Crippen molar-refractivity contribution in [3.63, 3.8) is 0 Å².